The van der Waals surface area contributed by atoms with Crippen LogP contribution in [-0.4, -0.2) is 45.5 Å². The average Bonchev–Trinajstić information content (AvgIpc) is 2.85. The Morgan fingerprint density at radius 2 is 2.00 bits per heavy atom. The maximum absolute atomic E-state index is 9.51. The number of nitrogens with one attached hydrogen (secondary N) is 1. The van der Waals surface area contributed by atoms with Gasteiger partial charge in [0.1, 0.15) is 0 Å². The van der Waals surface area contributed by atoms with Crippen LogP contribution in [0.25, 0.3) is 0 Å². The molecule has 0 aliphatic rings. The third-order valence-corrected chi connectivity index (χ3v) is 6.02. The SMILES string of the molecule is CSc1nnc(SCCCCC(C)(CO)NC(C)C)s1. The van der Waals surface area contributed by atoms with Crippen molar-refractivity contribution in [1.82, 2.24) is 15.5 Å². The highest BCUT2D eigenvalue weighted by atomic mass is 32.2. The molecule has 1 aromatic heterocycles. The molecule has 0 saturated carbocycles. The highest BCUT2D eigenvalue weighted by Crippen LogP contribution is 2.28. The van der Waals surface area contributed by atoms with E-state index >= 15 is 0 Å². The van der Waals surface area contributed by atoms with Gasteiger partial charge in [-0.3, -0.25) is 0 Å². The first kappa shape index (κ1) is 18.2. The minimum absolute atomic E-state index is 0.159. The average molecular weight is 336 g/mol. The molecule has 1 atom stereocenters. The number of hydrogen-bond acceptors (Lipinski definition) is 7. The number of rotatable bonds is 10. The molecule has 0 fully saturated rings. The number of unbranched alkanes of at least 4 members (excludes halogenated alkanes) is 1. The van der Waals surface area contributed by atoms with Crippen molar-refractivity contribution in [2.24, 2.45) is 0 Å². The highest BCUT2D eigenvalue weighted by Gasteiger charge is 2.22. The number of aliphatic hydroxyl groups is 1. The summed E-state index contributed by atoms with van der Waals surface area (Å²) < 4.78 is 2.08. The van der Waals surface area contributed by atoms with Crippen LogP contribution >= 0.6 is 34.9 Å². The number of thioether (sulfide) groups is 2. The number of aromatic nitrogens is 2. The van der Waals surface area contributed by atoms with Crippen LogP contribution in [0.1, 0.15) is 40.0 Å². The molecule has 1 rings (SSSR count). The first-order valence-corrected chi connectivity index (χ1v) is 9.90. The molecular weight excluding hydrogens is 310 g/mol. The monoisotopic (exact) mass is 335 g/mol. The standard InChI is InChI=1S/C13H25N3OS3/c1-10(2)14-13(3,9-17)7-5-6-8-19-12-16-15-11(18-4)20-12/h10,14,17H,5-9H2,1-4H3. The first-order valence-electron chi connectivity index (χ1n) is 6.88. The second-order valence-electron chi connectivity index (χ2n) is 5.36. The molecule has 1 heterocycles. The fraction of sp³-hybridized carbons (Fsp3) is 0.846. The molecule has 116 valence electrons. The zero-order valence-corrected chi connectivity index (χ0v) is 15.1. The summed E-state index contributed by atoms with van der Waals surface area (Å²) in [7, 11) is 0. The molecule has 0 bridgehead atoms. The van der Waals surface area contributed by atoms with Crippen molar-refractivity contribution >= 4 is 34.9 Å². The van der Waals surface area contributed by atoms with E-state index < -0.39 is 0 Å². The normalized spacial score (nSPS) is 14.7. The van der Waals surface area contributed by atoms with E-state index in [1.54, 1.807) is 34.9 Å². The Balaban J connectivity index is 2.20. The molecule has 7 heteroatoms. The van der Waals surface area contributed by atoms with E-state index in [4.69, 9.17) is 0 Å². The van der Waals surface area contributed by atoms with Gasteiger partial charge in [-0.25, -0.2) is 0 Å². The van der Waals surface area contributed by atoms with Crippen molar-refractivity contribution < 1.29 is 5.11 Å². The molecule has 0 saturated heterocycles. The molecule has 0 aliphatic heterocycles. The van der Waals surface area contributed by atoms with E-state index in [0.29, 0.717) is 6.04 Å². The molecular formula is C13H25N3OS3. The maximum Gasteiger partial charge on any atom is 0.175 e. The van der Waals surface area contributed by atoms with Crippen molar-refractivity contribution in [1.29, 1.82) is 0 Å². The Morgan fingerprint density at radius 1 is 1.30 bits per heavy atom. The molecule has 20 heavy (non-hydrogen) atoms. The summed E-state index contributed by atoms with van der Waals surface area (Å²) in [5.74, 6) is 1.06. The van der Waals surface area contributed by atoms with E-state index in [2.05, 4.69) is 36.3 Å². The quantitative estimate of drug-likeness (QED) is 0.505. The Kier molecular flexibility index (Phi) is 8.43. The number of hydrogen-bond donors (Lipinski definition) is 2. The molecule has 0 amide bonds. The van der Waals surface area contributed by atoms with Gasteiger partial charge in [0.2, 0.25) is 0 Å². The van der Waals surface area contributed by atoms with Crippen LogP contribution in [0.5, 0.6) is 0 Å². The van der Waals surface area contributed by atoms with Gasteiger partial charge in [-0.05, 0) is 26.0 Å². The summed E-state index contributed by atoms with van der Waals surface area (Å²) in [5, 5.41) is 21.2. The summed E-state index contributed by atoms with van der Waals surface area (Å²) in [6.45, 7) is 6.51. The van der Waals surface area contributed by atoms with Gasteiger partial charge in [0.15, 0.2) is 8.68 Å². The van der Waals surface area contributed by atoms with Crippen LogP contribution < -0.4 is 5.32 Å². The van der Waals surface area contributed by atoms with Crippen LogP contribution in [0, 0.1) is 0 Å². The summed E-state index contributed by atoms with van der Waals surface area (Å²) in [4.78, 5) is 0. The van der Waals surface area contributed by atoms with E-state index in [9.17, 15) is 5.11 Å². The number of nitrogens with zero attached hydrogens (tertiary/aromatic N) is 2. The summed E-state index contributed by atoms with van der Waals surface area (Å²) in [5.41, 5.74) is -0.159. The summed E-state index contributed by atoms with van der Waals surface area (Å²) in [6.07, 6.45) is 5.26. The van der Waals surface area contributed by atoms with Gasteiger partial charge >= 0.3 is 0 Å². The van der Waals surface area contributed by atoms with Gasteiger partial charge in [-0.1, -0.05) is 55.1 Å². The largest absolute Gasteiger partial charge is 0.394 e. The molecule has 1 unspecified atom stereocenters. The lowest BCUT2D eigenvalue weighted by Gasteiger charge is -2.31. The molecule has 1 aromatic rings. The second kappa shape index (κ2) is 9.25. The van der Waals surface area contributed by atoms with Crippen molar-refractivity contribution in [3.05, 3.63) is 0 Å². The molecule has 2 N–H and O–H groups in total. The first-order chi connectivity index (χ1) is 9.49. The number of aliphatic hydroxyl groups excluding tert-OH is 1. The van der Waals surface area contributed by atoms with Gasteiger partial charge in [0, 0.05) is 17.3 Å². The van der Waals surface area contributed by atoms with E-state index in [0.717, 1.165) is 33.7 Å². The zero-order chi connectivity index (χ0) is 15.0. The predicted molar refractivity (Wildman–Crippen MR) is 90.0 cm³/mol. The molecule has 0 spiro atoms. The molecule has 4 nitrogen and oxygen atoms in total. The van der Waals surface area contributed by atoms with E-state index in [-0.39, 0.29) is 12.1 Å². The van der Waals surface area contributed by atoms with Crippen molar-refractivity contribution in [3.8, 4) is 0 Å². The Hall–Kier alpha value is 0.180. The van der Waals surface area contributed by atoms with Gasteiger partial charge < -0.3 is 10.4 Å². The van der Waals surface area contributed by atoms with Crippen LogP contribution in [0.4, 0.5) is 0 Å². The lowest BCUT2D eigenvalue weighted by Crippen LogP contribution is -2.49. The van der Waals surface area contributed by atoms with Crippen LogP contribution in [0.15, 0.2) is 8.68 Å². The zero-order valence-electron chi connectivity index (χ0n) is 12.7. The summed E-state index contributed by atoms with van der Waals surface area (Å²) in [6, 6.07) is 0.396. The van der Waals surface area contributed by atoms with Crippen LogP contribution in [0.3, 0.4) is 0 Å². The summed E-state index contributed by atoms with van der Waals surface area (Å²) >= 11 is 5.08. The van der Waals surface area contributed by atoms with Gasteiger partial charge in [0.05, 0.1) is 6.61 Å². The Morgan fingerprint density at radius 3 is 2.55 bits per heavy atom. The van der Waals surface area contributed by atoms with Gasteiger partial charge in [0.25, 0.3) is 0 Å². The fourth-order valence-electron chi connectivity index (χ4n) is 2.01. The Bertz CT molecular complexity index is 387. The van der Waals surface area contributed by atoms with Crippen LogP contribution in [0.2, 0.25) is 0 Å². The smallest absolute Gasteiger partial charge is 0.175 e. The fourth-order valence-corrected chi connectivity index (χ4v) is 4.52. The van der Waals surface area contributed by atoms with E-state index in [1.807, 2.05) is 6.26 Å². The topological polar surface area (TPSA) is 58.0 Å². The predicted octanol–water partition coefficient (Wildman–Crippen LogP) is 3.27. The minimum Gasteiger partial charge on any atom is -0.394 e. The maximum atomic E-state index is 9.51. The van der Waals surface area contributed by atoms with Crippen molar-refractivity contribution in [3.63, 3.8) is 0 Å². The second-order valence-corrected chi connectivity index (χ2v) is 8.73. The Labute approximate surface area is 134 Å². The van der Waals surface area contributed by atoms with Crippen molar-refractivity contribution in [2.75, 3.05) is 18.6 Å². The van der Waals surface area contributed by atoms with E-state index in [1.165, 1.54) is 0 Å². The van der Waals surface area contributed by atoms with Crippen molar-refractivity contribution in [2.45, 2.75) is 60.3 Å². The third-order valence-electron chi connectivity index (χ3n) is 2.90. The van der Waals surface area contributed by atoms with Gasteiger partial charge in [-0.2, -0.15) is 0 Å². The molecule has 0 aliphatic carbocycles. The van der Waals surface area contributed by atoms with Crippen LogP contribution in [-0.2, 0) is 0 Å². The lowest BCUT2D eigenvalue weighted by molar-refractivity contribution is 0.154. The highest BCUT2D eigenvalue weighted by molar-refractivity contribution is 8.02. The molecule has 0 aromatic carbocycles. The minimum atomic E-state index is -0.159. The lowest BCUT2D eigenvalue weighted by atomic mass is 9.95. The van der Waals surface area contributed by atoms with Gasteiger partial charge in [-0.15, -0.1) is 10.2 Å². The third kappa shape index (κ3) is 6.76. The molecule has 0 radical (unpaired) electrons.